The van der Waals surface area contributed by atoms with Gasteiger partial charge in [0.15, 0.2) is 0 Å². The molecule has 3 atom stereocenters. The highest BCUT2D eigenvalue weighted by molar-refractivity contribution is 5.81. The zero-order chi connectivity index (χ0) is 13.0. The molecule has 17 heavy (non-hydrogen) atoms. The van der Waals surface area contributed by atoms with Gasteiger partial charge in [0.2, 0.25) is 5.91 Å². The molecule has 0 saturated carbocycles. The van der Waals surface area contributed by atoms with Crippen molar-refractivity contribution in [3.05, 3.63) is 35.9 Å². The van der Waals surface area contributed by atoms with Crippen LogP contribution >= 0.6 is 0 Å². The molecule has 0 bridgehead atoms. The van der Waals surface area contributed by atoms with Gasteiger partial charge in [0.1, 0.15) is 0 Å². The summed E-state index contributed by atoms with van der Waals surface area (Å²) >= 11 is 0. The van der Waals surface area contributed by atoms with Crippen molar-refractivity contribution in [3.63, 3.8) is 0 Å². The van der Waals surface area contributed by atoms with Crippen LogP contribution in [0.3, 0.4) is 0 Å². The average molecular weight is 236 g/mol. The van der Waals surface area contributed by atoms with Crippen LogP contribution in [-0.2, 0) is 4.79 Å². The van der Waals surface area contributed by atoms with Gasteiger partial charge >= 0.3 is 0 Å². The number of rotatable bonds is 4. The smallest absolute Gasteiger partial charge is 0.239 e. The Bertz CT molecular complexity index is 365. The third kappa shape index (κ3) is 3.28. The number of amides is 1. The summed E-state index contributed by atoms with van der Waals surface area (Å²) in [5.74, 6) is -0.174. The molecule has 0 saturated heterocycles. The van der Waals surface area contributed by atoms with E-state index in [2.05, 4.69) is 0 Å². The molecule has 94 valence electrons. The van der Waals surface area contributed by atoms with Crippen molar-refractivity contribution in [2.75, 3.05) is 7.05 Å². The fourth-order valence-corrected chi connectivity index (χ4v) is 1.66. The van der Waals surface area contributed by atoms with Gasteiger partial charge in [0, 0.05) is 7.05 Å². The molecule has 0 fully saturated rings. The molecule has 0 spiro atoms. The number of benzene rings is 1. The number of carbonyl (C=O) groups is 1. The lowest BCUT2D eigenvalue weighted by Gasteiger charge is -2.30. The van der Waals surface area contributed by atoms with E-state index in [1.54, 1.807) is 20.9 Å². The Morgan fingerprint density at radius 3 is 2.29 bits per heavy atom. The van der Waals surface area contributed by atoms with Gasteiger partial charge in [-0.25, -0.2) is 0 Å². The lowest BCUT2D eigenvalue weighted by atomic mass is 10.0. The Labute approximate surface area is 102 Å². The van der Waals surface area contributed by atoms with E-state index in [-0.39, 0.29) is 11.9 Å². The first-order chi connectivity index (χ1) is 7.95. The molecule has 0 aliphatic heterocycles. The first kappa shape index (κ1) is 13.7. The number of nitrogens with two attached hydrogens (primary N) is 1. The van der Waals surface area contributed by atoms with E-state index in [0.717, 1.165) is 5.56 Å². The Kier molecular flexibility index (Phi) is 4.66. The summed E-state index contributed by atoms with van der Waals surface area (Å²) in [5, 5.41) is 10.2. The zero-order valence-electron chi connectivity index (χ0n) is 10.5. The van der Waals surface area contributed by atoms with Crippen molar-refractivity contribution in [2.24, 2.45) is 5.73 Å². The Balaban J connectivity index is 2.76. The second-order valence-electron chi connectivity index (χ2n) is 4.33. The van der Waals surface area contributed by atoms with Crippen LogP contribution in [0.4, 0.5) is 0 Å². The van der Waals surface area contributed by atoms with Crippen molar-refractivity contribution < 1.29 is 9.90 Å². The van der Waals surface area contributed by atoms with Gasteiger partial charge in [0.25, 0.3) is 0 Å². The monoisotopic (exact) mass is 236 g/mol. The predicted molar refractivity (Wildman–Crippen MR) is 67.3 cm³/mol. The minimum atomic E-state index is -0.705. The molecule has 4 heteroatoms. The second-order valence-corrected chi connectivity index (χ2v) is 4.33. The molecule has 4 nitrogen and oxygen atoms in total. The van der Waals surface area contributed by atoms with Gasteiger partial charge in [-0.05, 0) is 19.4 Å². The van der Waals surface area contributed by atoms with E-state index < -0.39 is 12.1 Å². The summed E-state index contributed by atoms with van der Waals surface area (Å²) in [5.41, 5.74) is 6.34. The quantitative estimate of drug-likeness (QED) is 0.816. The summed E-state index contributed by atoms with van der Waals surface area (Å²) in [4.78, 5) is 13.2. The number of likely N-dealkylation sites (N-methyl/N-ethyl adjacent to an activating group) is 1. The fraction of sp³-hybridized carbons (Fsp3) is 0.462. The highest BCUT2D eigenvalue weighted by Crippen LogP contribution is 2.19. The van der Waals surface area contributed by atoms with Crippen molar-refractivity contribution in [2.45, 2.75) is 32.0 Å². The number of hydrogen-bond acceptors (Lipinski definition) is 3. The number of aliphatic hydroxyl groups is 1. The van der Waals surface area contributed by atoms with E-state index in [1.807, 2.05) is 30.3 Å². The standard InChI is InChI=1S/C13H20N2O2/c1-9(14)13(17)15(3)10(2)12(16)11-7-5-4-6-8-11/h4-10,12,16H,14H2,1-3H3. The molecular formula is C13H20N2O2. The summed E-state index contributed by atoms with van der Waals surface area (Å²) in [7, 11) is 1.66. The number of hydrogen-bond donors (Lipinski definition) is 2. The number of carbonyl (C=O) groups excluding carboxylic acids is 1. The van der Waals surface area contributed by atoms with Crippen molar-refractivity contribution in [3.8, 4) is 0 Å². The molecule has 1 aromatic carbocycles. The summed E-state index contributed by atoms with van der Waals surface area (Å²) in [6.45, 7) is 3.44. The SMILES string of the molecule is CC(N)C(=O)N(C)C(C)C(O)c1ccccc1. The molecule has 1 amide bonds. The average Bonchev–Trinajstić information content (AvgIpc) is 2.36. The molecule has 3 N–H and O–H groups in total. The Hall–Kier alpha value is -1.39. The van der Waals surface area contributed by atoms with Gasteiger partial charge in [-0.1, -0.05) is 30.3 Å². The fourth-order valence-electron chi connectivity index (χ4n) is 1.66. The van der Waals surface area contributed by atoms with Gasteiger partial charge in [-0.15, -0.1) is 0 Å². The summed E-state index contributed by atoms with van der Waals surface area (Å²) in [6.07, 6.45) is -0.705. The second kappa shape index (κ2) is 5.80. The van der Waals surface area contributed by atoms with Crippen LogP contribution < -0.4 is 5.73 Å². The highest BCUT2D eigenvalue weighted by Gasteiger charge is 2.25. The molecule has 0 heterocycles. The van der Waals surface area contributed by atoms with E-state index in [1.165, 1.54) is 4.90 Å². The summed E-state index contributed by atoms with van der Waals surface area (Å²) in [6, 6.07) is 8.42. The molecular weight excluding hydrogens is 216 g/mol. The lowest BCUT2D eigenvalue weighted by molar-refractivity contribution is -0.134. The maximum Gasteiger partial charge on any atom is 0.239 e. The predicted octanol–water partition coefficient (Wildman–Crippen LogP) is 0.914. The maximum absolute atomic E-state index is 11.7. The first-order valence-electron chi connectivity index (χ1n) is 5.70. The third-order valence-corrected chi connectivity index (χ3v) is 2.95. The van der Waals surface area contributed by atoms with Crippen LogP contribution in [0.2, 0.25) is 0 Å². The van der Waals surface area contributed by atoms with Gasteiger partial charge in [-0.2, -0.15) is 0 Å². The van der Waals surface area contributed by atoms with Gasteiger partial charge < -0.3 is 15.7 Å². The van der Waals surface area contributed by atoms with Crippen LogP contribution in [0, 0.1) is 0 Å². The van der Waals surface area contributed by atoms with Crippen LogP contribution in [0.1, 0.15) is 25.5 Å². The lowest BCUT2D eigenvalue weighted by Crippen LogP contribution is -2.46. The molecule has 3 unspecified atom stereocenters. The van der Waals surface area contributed by atoms with Crippen LogP contribution in [0.5, 0.6) is 0 Å². The number of aliphatic hydroxyl groups excluding tert-OH is 1. The highest BCUT2D eigenvalue weighted by atomic mass is 16.3. The van der Waals surface area contributed by atoms with E-state index in [4.69, 9.17) is 5.73 Å². The maximum atomic E-state index is 11.7. The molecule has 1 rings (SSSR count). The van der Waals surface area contributed by atoms with Crippen LogP contribution in [0.15, 0.2) is 30.3 Å². The zero-order valence-corrected chi connectivity index (χ0v) is 10.5. The minimum absolute atomic E-state index is 0.174. The Morgan fingerprint density at radius 2 is 1.82 bits per heavy atom. The third-order valence-electron chi connectivity index (χ3n) is 2.95. The van der Waals surface area contributed by atoms with Crippen LogP contribution in [0.25, 0.3) is 0 Å². The van der Waals surface area contributed by atoms with E-state index in [9.17, 15) is 9.90 Å². The summed E-state index contributed by atoms with van der Waals surface area (Å²) < 4.78 is 0. The molecule has 0 aromatic heterocycles. The normalized spacial score (nSPS) is 16.1. The van der Waals surface area contributed by atoms with Gasteiger partial charge in [-0.3, -0.25) is 4.79 Å². The van der Waals surface area contributed by atoms with Gasteiger partial charge in [0.05, 0.1) is 18.2 Å². The Morgan fingerprint density at radius 1 is 1.29 bits per heavy atom. The van der Waals surface area contributed by atoms with Crippen LogP contribution in [-0.4, -0.2) is 35.0 Å². The molecule has 0 aliphatic carbocycles. The van der Waals surface area contributed by atoms with Crippen molar-refractivity contribution in [1.82, 2.24) is 4.90 Å². The largest absolute Gasteiger partial charge is 0.386 e. The minimum Gasteiger partial charge on any atom is -0.386 e. The van der Waals surface area contributed by atoms with Crippen molar-refractivity contribution in [1.29, 1.82) is 0 Å². The molecule has 1 aromatic rings. The van der Waals surface area contributed by atoms with Crippen molar-refractivity contribution >= 4 is 5.91 Å². The molecule has 0 aliphatic rings. The van der Waals surface area contributed by atoms with E-state index in [0.29, 0.717) is 0 Å². The topological polar surface area (TPSA) is 66.6 Å². The first-order valence-corrected chi connectivity index (χ1v) is 5.70. The number of nitrogens with zero attached hydrogens (tertiary/aromatic N) is 1. The molecule has 0 radical (unpaired) electrons. The van der Waals surface area contributed by atoms with E-state index >= 15 is 0 Å².